The molecule has 156 valence electrons. The molecule has 0 unspecified atom stereocenters. The van der Waals surface area contributed by atoms with E-state index in [1.807, 2.05) is 67.6 Å². The predicted molar refractivity (Wildman–Crippen MR) is 126 cm³/mol. The monoisotopic (exact) mass is 449 g/mol. The second kappa shape index (κ2) is 9.76. The van der Waals surface area contributed by atoms with Crippen LogP contribution in [0.2, 0.25) is 5.02 Å². The van der Waals surface area contributed by atoms with Gasteiger partial charge in [0.05, 0.1) is 29.0 Å². The summed E-state index contributed by atoms with van der Waals surface area (Å²) in [6.07, 6.45) is 3.38. The minimum atomic E-state index is -0.191. The number of hydrazone groups is 1. The third-order valence-electron chi connectivity index (χ3n) is 4.65. The van der Waals surface area contributed by atoms with Gasteiger partial charge in [0.25, 0.3) is 5.91 Å². The van der Waals surface area contributed by atoms with Crippen molar-refractivity contribution in [2.75, 3.05) is 5.75 Å². The average Bonchev–Trinajstić information content (AvgIpc) is 3.15. The summed E-state index contributed by atoms with van der Waals surface area (Å²) < 4.78 is 2.11. The summed E-state index contributed by atoms with van der Waals surface area (Å²) in [7, 11) is 0. The van der Waals surface area contributed by atoms with Crippen LogP contribution in [0, 0.1) is 0 Å². The van der Waals surface area contributed by atoms with E-state index in [-0.39, 0.29) is 11.7 Å². The molecule has 8 heteroatoms. The first-order chi connectivity index (χ1) is 15.1. The summed E-state index contributed by atoms with van der Waals surface area (Å²) in [5.41, 5.74) is 7.27. The van der Waals surface area contributed by atoms with Crippen LogP contribution in [0.25, 0.3) is 11.0 Å². The zero-order valence-corrected chi connectivity index (χ0v) is 18.4. The third kappa shape index (κ3) is 5.31. The van der Waals surface area contributed by atoms with Crippen molar-refractivity contribution in [3.8, 4) is 0 Å². The number of pyridine rings is 1. The predicted octanol–water partition coefficient (Wildman–Crippen LogP) is 4.77. The number of carbonyl (C=O) groups is 1. The fourth-order valence-corrected chi connectivity index (χ4v) is 3.99. The highest BCUT2D eigenvalue weighted by molar-refractivity contribution is 7.99. The highest BCUT2D eigenvalue weighted by atomic mass is 35.5. The van der Waals surface area contributed by atoms with E-state index in [1.165, 1.54) is 11.8 Å². The third-order valence-corrected chi connectivity index (χ3v) is 5.88. The Kier molecular flexibility index (Phi) is 6.64. The van der Waals surface area contributed by atoms with E-state index in [1.54, 1.807) is 12.4 Å². The number of imidazole rings is 1. The molecule has 4 rings (SSSR count). The minimum Gasteiger partial charge on any atom is -0.314 e. The molecule has 0 saturated heterocycles. The van der Waals surface area contributed by atoms with Crippen molar-refractivity contribution in [1.82, 2.24) is 20.0 Å². The van der Waals surface area contributed by atoms with Gasteiger partial charge in [0.1, 0.15) is 0 Å². The summed E-state index contributed by atoms with van der Waals surface area (Å²) in [4.78, 5) is 21.1. The van der Waals surface area contributed by atoms with Crippen LogP contribution >= 0.6 is 23.4 Å². The topological polar surface area (TPSA) is 72.2 Å². The summed E-state index contributed by atoms with van der Waals surface area (Å²) in [5, 5.41) is 5.66. The van der Waals surface area contributed by atoms with E-state index >= 15 is 0 Å². The van der Waals surface area contributed by atoms with E-state index < -0.39 is 0 Å². The summed E-state index contributed by atoms with van der Waals surface area (Å²) in [5.74, 6) is 0.0142. The van der Waals surface area contributed by atoms with Gasteiger partial charge in [0.2, 0.25) is 0 Å². The Balaban J connectivity index is 1.47. The van der Waals surface area contributed by atoms with E-state index in [0.29, 0.717) is 11.6 Å². The van der Waals surface area contributed by atoms with Gasteiger partial charge in [-0.2, -0.15) is 5.10 Å². The number of para-hydroxylation sites is 2. The molecule has 0 bridgehead atoms. The molecule has 0 aliphatic rings. The molecule has 4 aromatic rings. The molecule has 0 atom stereocenters. The van der Waals surface area contributed by atoms with Crippen molar-refractivity contribution in [2.24, 2.45) is 5.10 Å². The fourth-order valence-electron chi connectivity index (χ4n) is 3.06. The van der Waals surface area contributed by atoms with Crippen molar-refractivity contribution < 1.29 is 4.79 Å². The zero-order valence-electron chi connectivity index (χ0n) is 16.8. The fraction of sp³-hybridized carbons (Fsp3) is 0.130. The van der Waals surface area contributed by atoms with Gasteiger partial charge in [-0.15, -0.1) is 0 Å². The zero-order chi connectivity index (χ0) is 21.6. The Morgan fingerprint density at radius 3 is 2.61 bits per heavy atom. The van der Waals surface area contributed by atoms with E-state index in [4.69, 9.17) is 16.6 Å². The maximum Gasteiger partial charge on any atom is 0.250 e. The van der Waals surface area contributed by atoms with Gasteiger partial charge in [-0.1, -0.05) is 47.6 Å². The molecule has 2 heterocycles. The van der Waals surface area contributed by atoms with Crippen LogP contribution in [0.3, 0.4) is 0 Å². The molecule has 0 fully saturated rings. The van der Waals surface area contributed by atoms with Gasteiger partial charge >= 0.3 is 0 Å². The highest BCUT2D eigenvalue weighted by Gasteiger charge is 2.13. The van der Waals surface area contributed by atoms with Crippen LogP contribution in [0.4, 0.5) is 0 Å². The lowest BCUT2D eigenvalue weighted by atomic mass is 10.2. The molecule has 0 saturated carbocycles. The smallest absolute Gasteiger partial charge is 0.250 e. The maximum atomic E-state index is 12.4. The number of amides is 1. The first-order valence-corrected chi connectivity index (χ1v) is 11.0. The molecule has 2 aromatic heterocycles. The molecule has 6 nitrogen and oxygen atoms in total. The van der Waals surface area contributed by atoms with Crippen LogP contribution in [0.1, 0.15) is 18.1 Å². The number of thioether (sulfide) groups is 1. The van der Waals surface area contributed by atoms with E-state index in [9.17, 15) is 4.79 Å². The number of aromatic nitrogens is 3. The highest BCUT2D eigenvalue weighted by Crippen LogP contribution is 2.25. The number of hydrogen-bond donors (Lipinski definition) is 1. The molecule has 0 aliphatic heterocycles. The number of rotatable bonds is 7. The van der Waals surface area contributed by atoms with Gasteiger partial charge in [-0.3, -0.25) is 9.78 Å². The van der Waals surface area contributed by atoms with Crippen molar-refractivity contribution >= 4 is 46.0 Å². The van der Waals surface area contributed by atoms with E-state index in [0.717, 1.165) is 33.0 Å². The minimum absolute atomic E-state index is 0.191. The SMILES string of the molecule is CC(=NNC(=O)CSc1nc2ccccc2n1Cc1ccc(Cl)cc1)c1ccncc1. The Bertz CT molecular complexity index is 1220. The van der Waals surface area contributed by atoms with Gasteiger partial charge in [0, 0.05) is 23.0 Å². The lowest BCUT2D eigenvalue weighted by molar-refractivity contribution is -0.118. The summed E-state index contributed by atoms with van der Waals surface area (Å²) in [6.45, 7) is 2.48. The van der Waals surface area contributed by atoms with Crippen LogP contribution in [-0.2, 0) is 11.3 Å². The number of nitrogens with zero attached hydrogens (tertiary/aromatic N) is 4. The quantitative estimate of drug-likeness (QED) is 0.251. The van der Waals surface area contributed by atoms with Crippen LogP contribution in [0.15, 0.2) is 83.3 Å². The molecule has 1 N–H and O–H groups in total. The number of nitrogens with one attached hydrogen (secondary N) is 1. The maximum absolute atomic E-state index is 12.4. The largest absolute Gasteiger partial charge is 0.314 e. The molecule has 0 aliphatic carbocycles. The van der Waals surface area contributed by atoms with Crippen molar-refractivity contribution in [3.63, 3.8) is 0 Å². The summed E-state index contributed by atoms with van der Waals surface area (Å²) in [6, 6.07) is 19.4. The lowest BCUT2D eigenvalue weighted by Crippen LogP contribution is -2.21. The first-order valence-electron chi connectivity index (χ1n) is 9.66. The Labute approximate surface area is 189 Å². The average molecular weight is 450 g/mol. The summed E-state index contributed by atoms with van der Waals surface area (Å²) >= 11 is 7.40. The number of halogens is 1. The van der Waals surface area contributed by atoms with Crippen molar-refractivity contribution in [1.29, 1.82) is 0 Å². The van der Waals surface area contributed by atoms with Crippen molar-refractivity contribution in [2.45, 2.75) is 18.6 Å². The number of carbonyl (C=O) groups excluding carboxylic acids is 1. The lowest BCUT2D eigenvalue weighted by Gasteiger charge is -2.09. The van der Waals surface area contributed by atoms with Crippen molar-refractivity contribution in [3.05, 3.63) is 89.2 Å². The van der Waals surface area contributed by atoms with Gasteiger partial charge in [0.15, 0.2) is 5.16 Å². The normalized spacial score (nSPS) is 11.6. The Morgan fingerprint density at radius 2 is 1.84 bits per heavy atom. The van der Waals surface area contributed by atoms with Crippen LogP contribution in [-0.4, -0.2) is 31.9 Å². The Morgan fingerprint density at radius 1 is 1.10 bits per heavy atom. The number of fused-ring (bicyclic) bond motifs is 1. The Hall–Kier alpha value is -3.16. The van der Waals surface area contributed by atoms with Gasteiger partial charge in [-0.05, 0) is 48.9 Å². The molecule has 0 spiro atoms. The second-order valence-corrected chi connectivity index (χ2v) is 8.23. The van der Waals surface area contributed by atoms with Crippen LogP contribution < -0.4 is 5.43 Å². The second-order valence-electron chi connectivity index (χ2n) is 6.85. The first kappa shape index (κ1) is 21.1. The van der Waals surface area contributed by atoms with Gasteiger partial charge < -0.3 is 4.57 Å². The van der Waals surface area contributed by atoms with E-state index in [2.05, 4.69) is 20.1 Å². The van der Waals surface area contributed by atoms with Crippen LogP contribution in [0.5, 0.6) is 0 Å². The molecule has 2 aromatic carbocycles. The number of benzene rings is 2. The molecule has 0 radical (unpaired) electrons. The van der Waals surface area contributed by atoms with Gasteiger partial charge in [-0.25, -0.2) is 10.4 Å². The molecule has 1 amide bonds. The number of hydrogen-bond acceptors (Lipinski definition) is 5. The molecular weight excluding hydrogens is 430 g/mol. The molecular formula is C23H20ClN5OS. The molecule has 31 heavy (non-hydrogen) atoms. The standard InChI is InChI=1S/C23H20ClN5OS/c1-16(18-10-12-25-13-11-18)27-28-22(30)15-31-23-26-20-4-2-3-5-21(20)29(23)14-17-6-8-19(24)9-7-17/h2-13H,14-15H2,1H3,(H,28,30).